The van der Waals surface area contributed by atoms with Crippen molar-refractivity contribution in [1.82, 2.24) is 4.98 Å². The van der Waals surface area contributed by atoms with Crippen molar-refractivity contribution in [3.63, 3.8) is 0 Å². The first kappa shape index (κ1) is 17.6. The minimum atomic E-state index is -0.490. The predicted molar refractivity (Wildman–Crippen MR) is 91.0 cm³/mol. The number of anilines is 1. The molecular formula is C15H20ClN3OS. The molecule has 0 saturated carbocycles. The number of halogens is 1. The molecule has 0 spiro atoms. The Kier molecular flexibility index (Phi) is 6.33. The molecule has 1 atom stereocenters. The first-order chi connectivity index (χ1) is 9.47. The molecule has 0 aliphatic carbocycles. The molecule has 0 saturated heterocycles. The molecule has 21 heavy (non-hydrogen) atoms. The first-order valence-corrected chi connectivity index (χ1v) is 7.44. The van der Waals surface area contributed by atoms with E-state index in [1.807, 2.05) is 50.4 Å². The van der Waals surface area contributed by atoms with Gasteiger partial charge in [-0.1, -0.05) is 26.0 Å². The van der Waals surface area contributed by atoms with E-state index < -0.39 is 6.04 Å². The van der Waals surface area contributed by atoms with E-state index >= 15 is 0 Å². The second-order valence-corrected chi connectivity index (χ2v) is 6.15. The van der Waals surface area contributed by atoms with Crippen molar-refractivity contribution in [3.05, 3.63) is 34.7 Å². The quantitative estimate of drug-likeness (QED) is 0.904. The minimum absolute atomic E-state index is 0. The summed E-state index contributed by atoms with van der Waals surface area (Å²) in [6, 6.07) is 7.15. The van der Waals surface area contributed by atoms with Gasteiger partial charge in [0.15, 0.2) is 0 Å². The van der Waals surface area contributed by atoms with E-state index in [9.17, 15) is 4.79 Å². The highest BCUT2D eigenvalue weighted by molar-refractivity contribution is 7.09. The number of nitrogens with zero attached hydrogens (tertiary/aromatic N) is 1. The van der Waals surface area contributed by atoms with E-state index in [1.165, 1.54) is 0 Å². The largest absolute Gasteiger partial charge is 0.325 e. The molecule has 1 aromatic carbocycles. The number of hydrogen-bond donors (Lipinski definition) is 2. The van der Waals surface area contributed by atoms with Gasteiger partial charge in [-0.3, -0.25) is 4.79 Å². The third kappa shape index (κ3) is 4.52. The maximum absolute atomic E-state index is 11.9. The molecule has 0 fully saturated rings. The van der Waals surface area contributed by atoms with Crippen LogP contribution < -0.4 is 11.1 Å². The van der Waals surface area contributed by atoms with Crippen LogP contribution in [0.25, 0.3) is 11.3 Å². The fourth-order valence-corrected chi connectivity index (χ4v) is 2.37. The molecule has 0 aliphatic heterocycles. The summed E-state index contributed by atoms with van der Waals surface area (Å²) in [5.74, 6) is -0.0375. The molecule has 0 aliphatic rings. The van der Waals surface area contributed by atoms with Crippen LogP contribution in [0.4, 0.5) is 5.69 Å². The Hall–Kier alpha value is -1.43. The van der Waals surface area contributed by atoms with Gasteiger partial charge in [0.05, 0.1) is 16.7 Å². The van der Waals surface area contributed by atoms with Gasteiger partial charge in [-0.05, 0) is 25.0 Å². The molecule has 2 aromatic rings. The van der Waals surface area contributed by atoms with Gasteiger partial charge in [-0.2, -0.15) is 0 Å². The molecule has 4 nitrogen and oxygen atoms in total. The van der Waals surface area contributed by atoms with Crippen molar-refractivity contribution < 1.29 is 4.79 Å². The van der Waals surface area contributed by atoms with E-state index in [-0.39, 0.29) is 24.2 Å². The summed E-state index contributed by atoms with van der Waals surface area (Å²) >= 11 is 1.62. The number of hydrogen-bond acceptors (Lipinski definition) is 4. The van der Waals surface area contributed by atoms with Crippen molar-refractivity contribution in [3.8, 4) is 11.3 Å². The van der Waals surface area contributed by atoms with Crippen LogP contribution in [0.15, 0.2) is 29.6 Å². The molecule has 1 aromatic heterocycles. The smallest absolute Gasteiger partial charge is 0.241 e. The van der Waals surface area contributed by atoms with Gasteiger partial charge < -0.3 is 11.1 Å². The number of nitrogens with one attached hydrogen (secondary N) is 1. The zero-order valence-electron chi connectivity index (χ0n) is 12.3. The second-order valence-electron chi connectivity index (χ2n) is 5.09. The number of amides is 1. The fourth-order valence-electron chi connectivity index (χ4n) is 1.75. The third-order valence-electron chi connectivity index (χ3n) is 3.09. The molecule has 3 N–H and O–H groups in total. The van der Waals surface area contributed by atoms with Gasteiger partial charge in [-0.25, -0.2) is 4.98 Å². The number of thiazole rings is 1. The monoisotopic (exact) mass is 325 g/mol. The predicted octanol–water partition coefficient (Wildman–Crippen LogP) is 3.46. The van der Waals surface area contributed by atoms with Crippen molar-refractivity contribution in [2.45, 2.75) is 26.8 Å². The molecule has 1 heterocycles. The summed E-state index contributed by atoms with van der Waals surface area (Å²) in [6.07, 6.45) is 0. The first-order valence-electron chi connectivity index (χ1n) is 6.56. The standard InChI is InChI=1S/C15H19N3OS.ClH/c1-9(2)14(16)15(19)18-12-6-4-11(5-7-12)13-8-20-10(3)17-13;/h4-9,14H,16H2,1-3H3,(H,18,19);1H. The average Bonchev–Trinajstić information content (AvgIpc) is 2.85. The fraction of sp³-hybridized carbons (Fsp3) is 0.333. The van der Waals surface area contributed by atoms with E-state index in [4.69, 9.17) is 5.73 Å². The molecular weight excluding hydrogens is 306 g/mol. The number of aromatic nitrogens is 1. The lowest BCUT2D eigenvalue weighted by Gasteiger charge is -2.15. The summed E-state index contributed by atoms with van der Waals surface area (Å²) in [5, 5.41) is 5.89. The molecule has 2 rings (SSSR count). The van der Waals surface area contributed by atoms with Crippen molar-refractivity contribution >= 4 is 35.3 Å². The summed E-state index contributed by atoms with van der Waals surface area (Å²) in [5.41, 5.74) is 8.57. The number of carbonyl (C=O) groups is 1. The highest BCUT2D eigenvalue weighted by Crippen LogP contribution is 2.23. The summed E-state index contributed by atoms with van der Waals surface area (Å²) in [6.45, 7) is 5.84. The molecule has 1 amide bonds. The summed E-state index contributed by atoms with van der Waals surface area (Å²) in [7, 11) is 0. The molecule has 0 radical (unpaired) electrons. The van der Waals surface area contributed by atoms with Gasteiger partial charge >= 0.3 is 0 Å². The van der Waals surface area contributed by atoms with Gasteiger partial charge in [0.2, 0.25) is 5.91 Å². The van der Waals surface area contributed by atoms with Gasteiger partial charge in [0.25, 0.3) is 0 Å². The Labute approximate surface area is 135 Å². The van der Waals surface area contributed by atoms with Crippen LogP contribution in [-0.4, -0.2) is 16.9 Å². The maximum Gasteiger partial charge on any atom is 0.241 e. The second kappa shape index (κ2) is 7.54. The van der Waals surface area contributed by atoms with E-state index in [0.717, 1.165) is 22.0 Å². The SMILES string of the molecule is Cc1nc(-c2ccc(NC(=O)C(N)C(C)C)cc2)cs1.Cl. The number of rotatable bonds is 4. The van der Waals surface area contributed by atoms with E-state index in [2.05, 4.69) is 10.3 Å². The number of carbonyl (C=O) groups excluding carboxylic acids is 1. The lowest BCUT2D eigenvalue weighted by Crippen LogP contribution is -2.39. The van der Waals surface area contributed by atoms with Crippen LogP contribution in [0.5, 0.6) is 0 Å². The van der Waals surface area contributed by atoms with Crippen LogP contribution in [0.3, 0.4) is 0 Å². The molecule has 0 bridgehead atoms. The van der Waals surface area contributed by atoms with Crippen molar-refractivity contribution in [2.24, 2.45) is 11.7 Å². The zero-order chi connectivity index (χ0) is 14.7. The molecule has 6 heteroatoms. The summed E-state index contributed by atoms with van der Waals surface area (Å²) in [4.78, 5) is 16.3. The zero-order valence-corrected chi connectivity index (χ0v) is 13.9. The van der Waals surface area contributed by atoms with Gasteiger partial charge in [0.1, 0.15) is 0 Å². The van der Waals surface area contributed by atoms with Crippen molar-refractivity contribution in [2.75, 3.05) is 5.32 Å². The maximum atomic E-state index is 11.9. The molecule has 1 unspecified atom stereocenters. The Bertz CT molecular complexity index is 595. The van der Waals surface area contributed by atoms with Crippen LogP contribution >= 0.6 is 23.7 Å². The normalized spacial score (nSPS) is 11.9. The lowest BCUT2D eigenvalue weighted by atomic mass is 10.0. The third-order valence-corrected chi connectivity index (χ3v) is 3.86. The Balaban J connectivity index is 0.00000220. The minimum Gasteiger partial charge on any atom is -0.325 e. The van der Waals surface area contributed by atoms with Crippen LogP contribution in [0, 0.1) is 12.8 Å². The topological polar surface area (TPSA) is 68.0 Å². The summed E-state index contributed by atoms with van der Waals surface area (Å²) < 4.78 is 0. The Morgan fingerprint density at radius 1 is 1.29 bits per heavy atom. The lowest BCUT2D eigenvalue weighted by molar-refractivity contribution is -0.118. The van der Waals surface area contributed by atoms with Gasteiger partial charge in [0, 0.05) is 16.6 Å². The van der Waals surface area contributed by atoms with E-state index in [1.54, 1.807) is 11.3 Å². The Morgan fingerprint density at radius 2 is 1.90 bits per heavy atom. The number of aryl methyl sites for hydroxylation is 1. The molecule has 114 valence electrons. The highest BCUT2D eigenvalue weighted by atomic mass is 35.5. The van der Waals surface area contributed by atoms with Crippen LogP contribution in [-0.2, 0) is 4.79 Å². The Morgan fingerprint density at radius 3 is 2.38 bits per heavy atom. The van der Waals surface area contributed by atoms with Crippen LogP contribution in [0.1, 0.15) is 18.9 Å². The van der Waals surface area contributed by atoms with Gasteiger partial charge in [-0.15, -0.1) is 23.7 Å². The van der Waals surface area contributed by atoms with Crippen LogP contribution in [0.2, 0.25) is 0 Å². The number of nitrogens with two attached hydrogens (primary N) is 1. The number of benzene rings is 1. The van der Waals surface area contributed by atoms with E-state index in [0.29, 0.717) is 0 Å². The van der Waals surface area contributed by atoms with Crippen molar-refractivity contribution in [1.29, 1.82) is 0 Å². The average molecular weight is 326 g/mol. The highest BCUT2D eigenvalue weighted by Gasteiger charge is 2.17.